The van der Waals surface area contributed by atoms with Crippen molar-refractivity contribution in [3.8, 4) is 0 Å². The Labute approximate surface area is 155 Å². The topological polar surface area (TPSA) is 90.9 Å². The lowest BCUT2D eigenvalue weighted by Crippen LogP contribution is -3.06. The highest BCUT2D eigenvalue weighted by molar-refractivity contribution is 7.14. The summed E-state index contributed by atoms with van der Waals surface area (Å²) in [4.78, 5) is 32.9. The van der Waals surface area contributed by atoms with E-state index in [2.05, 4.69) is 4.98 Å². The zero-order chi connectivity index (χ0) is 19.0. The predicted octanol–water partition coefficient (Wildman–Crippen LogP) is -0.122. The van der Waals surface area contributed by atoms with E-state index in [-0.39, 0.29) is 5.57 Å². The van der Waals surface area contributed by atoms with Gasteiger partial charge in [-0.15, -0.1) is 11.3 Å². The molecule has 2 aromatic rings. The summed E-state index contributed by atoms with van der Waals surface area (Å²) < 4.78 is 5.46. The number of carbonyl (C=O) groups excluding carboxylic acids is 2. The van der Waals surface area contributed by atoms with Crippen LogP contribution in [0.25, 0.3) is 0 Å². The van der Waals surface area contributed by atoms with Crippen LogP contribution in [0.2, 0.25) is 0 Å². The minimum atomic E-state index is -0.793. The molecule has 0 aliphatic carbocycles. The fraction of sp³-hybridized carbons (Fsp3) is 0.389. The second kappa shape index (κ2) is 7.05. The minimum absolute atomic E-state index is 0.0505. The summed E-state index contributed by atoms with van der Waals surface area (Å²) >= 11 is 1.23. The average Bonchev–Trinajstić information content (AvgIpc) is 3.26. The van der Waals surface area contributed by atoms with Gasteiger partial charge in [0.2, 0.25) is 11.7 Å². The third-order valence-corrected chi connectivity index (χ3v) is 5.38. The summed E-state index contributed by atoms with van der Waals surface area (Å²) in [6.45, 7) is 4.54. The van der Waals surface area contributed by atoms with Gasteiger partial charge in [-0.3, -0.25) is 9.59 Å². The van der Waals surface area contributed by atoms with Crippen LogP contribution in [0.3, 0.4) is 0 Å². The first kappa shape index (κ1) is 18.3. The van der Waals surface area contributed by atoms with Gasteiger partial charge < -0.3 is 19.3 Å². The molecule has 8 heteroatoms. The molecule has 1 unspecified atom stereocenters. The fourth-order valence-corrected chi connectivity index (χ4v) is 3.93. The maximum atomic E-state index is 13.1. The van der Waals surface area contributed by atoms with E-state index < -0.39 is 23.5 Å². The lowest BCUT2D eigenvalue weighted by Gasteiger charge is -2.26. The number of carbonyl (C=O) groups is 2. The molecule has 1 aliphatic heterocycles. The lowest BCUT2D eigenvalue weighted by atomic mass is 9.99. The van der Waals surface area contributed by atoms with Gasteiger partial charge in [0.05, 0.1) is 49.0 Å². The number of hydrogen-bond acceptors (Lipinski definition) is 6. The van der Waals surface area contributed by atoms with Crippen LogP contribution in [0.1, 0.15) is 32.2 Å². The van der Waals surface area contributed by atoms with Gasteiger partial charge in [-0.25, -0.2) is 4.98 Å². The first-order valence-electron chi connectivity index (χ1n) is 8.34. The van der Waals surface area contributed by atoms with E-state index in [1.54, 1.807) is 26.0 Å². The summed E-state index contributed by atoms with van der Waals surface area (Å²) in [7, 11) is 3.92. The van der Waals surface area contributed by atoms with Gasteiger partial charge in [0.25, 0.3) is 0 Å². The minimum Gasteiger partial charge on any atom is -0.868 e. The summed E-state index contributed by atoms with van der Waals surface area (Å²) in [6.07, 6.45) is 1.47. The number of hydrogen-bond donors (Lipinski definition) is 1. The number of aryl methyl sites for hydroxylation is 2. The molecule has 0 spiro atoms. The van der Waals surface area contributed by atoms with Crippen LogP contribution in [0.15, 0.2) is 34.1 Å². The smallest absolute Gasteiger partial charge is 0.240 e. The highest BCUT2D eigenvalue weighted by Gasteiger charge is 2.41. The number of aromatic nitrogens is 1. The van der Waals surface area contributed by atoms with Gasteiger partial charge in [-0.05, 0) is 31.7 Å². The maximum Gasteiger partial charge on any atom is 0.240 e. The standard InChI is InChI=1S/C18H21N3O4S/c1-10-17(26-11(2)19-10)15(22)13-14(12-6-5-9-25-12)21(8-7-20(3)4)18(24)16(13)23/h5-6,9,14,23H,7-8H2,1-4H3. The second-order valence-electron chi connectivity index (χ2n) is 6.59. The number of quaternary nitrogens is 1. The molecule has 0 aromatic carbocycles. The van der Waals surface area contributed by atoms with E-state index in [9.17, 15) is 14.7 Å². The highest BCUT2D eigenvalue weighted by Crippen LogP contribution is 2.39. The van der Waals surface area contributed by atoms with E-state index in [4.69, 9.17) is 4.42 Å². The van der Waals surface area contributed by atoms with Crippen LogP contribution in [0, 0.1) is 13.8 Å². The van der Waals surface area contributed by atoms with Crippen LogP contribution in [0.4, 0.5) is 0 Å². The van der Waals surface area contributed by atoms with Gasteiger partial charge >= 0.3 is 0 Å². The Morgan fingerprint density at radius 1 is 1.42 bits per heavy atom. The van der Waals surface area contributed by atoms with Gasteiger partial charge in [-0.1, -0.05) is 0 Å². The van der Waals surface area contributed by atoms with E-state index in [0.717, 1.165) is 9.91 Å². The Morgan fingerprint density at radius 2 is 2.15 bits per heavy atom. The number of thiazole rings is 1. The SMILES string of the molecule is Cc1nc(C)c(C(=O)C2=C([O-])C(=O)N(CC[NH+](C)C)C2c2ccco2)s1. The van der Waals surface area contributed by atoms with Crippen molar-refractivity contribution in [3.05, 3.63) is 51.1 Å². The molecule has 1 N–H and O–H groups in total. The number of amides is 1. The van der Waals surface area contributed by atoms with Gasteiger partial charge in [0, 0.05) is 5.57 Å². The van der Waals surface area contributed by atoms with Crippen LogP contribution in [0.5, 0.6) is 0 Å². The van der Waals surface area contributed by atoms with E-state index >= 15 is 0 Å². The zero-order valence-corrected chi connectivity index (χ0v) is 16.0. The van der Waals surface area contributed by atoms with Crippen LogP contribution in [-0.4, -0.2) is 48.8 Å². The normalized spacial score (nSPS) is 17.7. The molecule has 0 bridgehead atoms. The van der Waals surface area contributed by atoms with Gasteiger partial charge in [-0.2, -0.15) is 0 Å². The Morgan fingerprint density at radius 3 is 2.69 bits per heavy atom. The van der Waals surface area contributed by atoms with E-state index in [1.807, 2.05) is 14.1 Å². The number of ketones is 1. The number of Topliss-reactive ketones (excluding diaryl/α,β-unsaturated/α-hetero) is 1. The molecule has 2 aromatic heterocycles. The summed E-state index contributed by atoms with van der Waals surface area (Å²) in [5.41, 5.74) is 0.519. The summed E-state index contributed by atoms with van der Waals surface area (Å²) in [6, 6.07) is 2.57. The number of likely N-dealkylation sites (N-methyl/N-ethyl adjacent to an activating group) is 1. The molecule has 7 nitrogen and oxygen atoms in total. The maximum absolute atomic E-state index is 13.1. The molecule has 0 fully saturated rings. The molecular formula is C18H21N3O4S. The zero-order valence-electron chi connectivity index (χ0n) is 15.2. The molecular weight excluding hydrogens is 354 g/mol. The molecule has 1 amide bonds. The van der Waals surface area contributed by atoms with Gasteiger partial charge in [0.15, 0.2) is 0 Å². The van der Waals surface area contributed by atoms with Crippen molar-refractivity contribution >= 4 is 23.0 Å². The largest absolute Gasteiger partial charge is 0.868 e. The number of furan rings is 1. The molecule has 1 atom stereocenters. The molecule has 3 rings (SSSR count). The Bertz CT molecular complexity index is 867. The van der Waals surface area contributed by atoms with Gasteiger partial charge in [0.1, 0.15) is 11.8 Å². The number of nitrogens with one attached hydrogen (secondary N) is 1. The third-order valence-electron chi connectivity index (χ3n) is 4.30. The van der Waals surface area contributed by atoms with Crippen molar-refractivity contribution in [3.63, 3.8) is 0 Å². The number of rotatable bonds is 6. The average molecular weight is 375 g/mol. The Kier molecular flexibility index (Phi) is 4.97. The molecule has 0 saturated heterocycles. The monoisotopic (exact) mass is 375 g/mol. The molecule has 0 radical (unpaired) electrons. The summed E-state index contributed by atoms with van der Waals surface area (Å²) in [5.74, 6) is -1.43. The quantitative estimate of drug-likeness (QED) is 0.711. The van der Waals surface area contributed by atoms with Crippen molar-refractivity contribution in [2.75, 3.05) is 27.2 Å². The fourth-order valence-electron chi connectivity index (χ4n) is 3.05. The lowest BCUT2D eigenvalue weighted by molar-refractivity contribution is -0.857. The van der Waals surface area contributed by atoms with Crippen LogP contribution >= 0.6 is 11.3 Å². The molecule has 26 heavy (non-hydrogen) atoms. The Balaban J connectivity index is 2.04. The van der Waals surface area contributed by atoms with E-state index in [0.29, 0.717) is 29.4 Å². The third kappa shape index (κ3) is 3.17. The van der Waals surface area contributed by atoms with Crippen LogP contribution < -0.4 is 10.0 Å². The Hall–Kier alpha value is -2.45. The van der Waals surface area contributed by atoms with Crippen LogP contribution in [-0.2, 0) is 4.79 Å². The molecule has 138 valence electrons. The van der Waals surface area contributed by atoms with Crippen molar-refractivity contribution < 1.29 is 24.0 Å². The second-order valence-corrected chi connectivity index (χ2v) is 7.80. The van der Waals surface area contributed by atoms with Crippen molar-refractivity contribution in [2.24, 2.45) is 0 Å². The van der Waals surface area contributed by atoms with Crippen molar-refractivity contribution in [1.82, 2.24) is 9.88 Å². The van der Waals surface area contributed by atoms with Crippen molar-refractivity contribution in [1.29, 1.82) is 0 Å². The summed E-state index contributed by atoms with van der Waals surface area (Å²) in [5, 5.41) is 13.4. The first-order chi connectivity index (χ1) is 12.3. The van der Waals surface area contributed by atoms with Crippen molar-refractivity contribution in [2.45, 2.75) is 19.9 Å². The molecule has 3 heterocycles. The highest BCUT2D eigenvalue weighted by atomic mass is 32.1. The first-order valence-corrected chi connectivity index (χ1v) is 9.16. The predicted molar refractivity (Wildman–Crippen MR) is 93.8 cm³/mol. The molecule has 1 aliphatic rings. The molecule has 0 saturated carbocycles. The number of nitrogens with zero attached hydrogens (tertiary/aromatic N) is 2. The van der Waals surface area contributed by atoms with E-state index in [1.165, 1.54) is 22.5 Å².